The molecule has 1 aromatic carbocycles. The van der Waals surface area contributed by atoms with Gasteiger partial charge in [0.25, 0.3) is 0 Å². The minimum Gasteiger partial charge on any atom is -0.497 e. The van der Waals surface area contributed by atoms with Crippen molar-refractivity contribution in [3.05, 3.63) is 53.6 Å². The molecule has 35 heavy (non-hydrogen) atoms. The highest BCUT2D eigenvalue weighted by Crippen LogP contribution is 2.41. The number of benzene rings is 1. The largest absolute Gasteiger partial charge is 0.497 e. The maximum Gasteiger partial charge on any atom is 0.167 e. The second-order valence-corrected chi connectivity index (χ2v) is 9.01. The molecule has 0 amide bonds. The number of piperazine rings is 1. The van der Waals surface area contributed by atoms with Crippen molar-refractivity contribution in [3.63, 3.8) is 0 Å². The fourth-order valence-electron chi connectivity index (χ4n) is 3.94. The first-order valence-corrected chi connectivity index (χ1v) is 11.5. The summed E-state index contributed by atoms with van der Waals surface area (Å²) in [5, 5.41) is 8.60. The van der Waals surface area contributed by atoms with Gasteiger partial charge >= 0.3 is 0 Å². The lowest BCUT2D eigenvalue weighted by molar-refractivity contribution is 0.191. The molecule has 2 aliphatic rings. The number of amidine groups is 1. The lowest BCUT2D eigenvalue weighted by atomic mass is 10.0. The third kappa shape index (κ3) is 5.47. The Kier molecular flexibility index (Phi) is 6.81. The summed E-state index contributed by atoms with van der Waals surface area (Å²) in [6.45, 7) is 4.83. The molecule has 0 bridgehead atoms. The Morgan fingerprint density at radius 2 is 1.94 bits per heavy atom. The predicted molar refractivity (Wildman–Crippen MR) is 136 cm³/mol. The molecule has 4 rings (SSSR count). The Hall–Kier alpha value is -3.82. The number of rotatable bonds is 7. The van der Waals surface area contributed by atoms with Gasteiger partial charge in [-0.05, 0) is 31.9 Å². The van der Waals surface area contributed by atoms with E-state index in [0.29, 0.717) is 24.5 Å². The zero-order chi connectivity index (χ0) is 25.2. The minimum absolute atomic E-state index is 0.00586. The number of pyridine rings is 1. The molecule has 1 aliphatic carbocycles. The van der Waals surface area contributed by atoms with Gasteiger partial charge in [0.1, 0.15) is 23.0 Å². The van der Waals surface area contributed by atoms with Crippen molar-refractivity contribution in [3.8, 4) is 11.5 Å². The Balaban J connectivity index is 1.46. The molecular formula is C25H32FN7O2. The molecule has 0 spiro atoms. The van der Waals surface area contributed by atoms with Crippen molar-refractivity contribution in [2.75, 3.05) is 51.0 Å². The van der Waals surface area contributed by atoms with Crippen LogP contribution in [-0.4, -0.2) is 67.4 Å². The summed E-state index contributed by atoms with van der Waals surface area (Å²) < 4.78 is 25.5. The number of halogens is 1. The number of allylic oxidation sites excluding steroid dienone is 1. The molecule has 1 saturated heterocycles. The van der Waals surface area contributed by atoms with Crippen LogP contribution in [0.2, 0.25) is 0 Å². The number of ether oxygens (including phenoxy) is 2. The summed E-state index contributed by atoms with van der Waals surface area (Å²) >= 11 is 0. The SMILES string of the molecule is CN=C(C=C(N)C(=N)c1cc(OC2(C)CC2)c(F)cc1N)N1CCN(c2cc(OC)ccn2)CC1. The molecule has 1 aromatic heterocycles. The van der Waals surface area contributed by atoms with E-state index in [-0.39, 0.29) is 28.4 Å². The van der Waals surface area contributed by atoms with Gasteiger partial charge in [-0.1, -0.05) is 0 Å². The highest BCUT2D eigenvalue weighted by Gasteiger charge is 2.40. The molecule has 2 fully saturated rings. The van der Waals surface area contributed by atoms with E-state index in [1.165, 1.54) is 12.1 Å². The van der Waals surface area contributed by atoms with E-state index < -0.39 is 5.82 Å². The van der Waals surface area contributed by atoms with Crippen LogP contribution in [0.4, 0.5) is 15.9 Å². The summed E-state index contributed by atoms with van der Waals surface area (Å²) in [5.41, 5.74) is 12.6. The zero-order valence-corrected chi connectivity index (χ0v) is 20.3. The third-order valence-electron chi connectivity index (χ3n) is 6.37. The summed E-state index contributed by atoms with van der Waals surface area (Å²) in [4.78, 5) is 13.1. The van der Waals surface area contributed by atoms with Gasteiger partial charge in [-0.2, -0.15) is 0 Å². The molecule has 5 N–H and O–H groups in total. The van der Waals surface area contributed by atoms with E-state index in [1.807, 2.05) is 19.1 Å². The number of aromatic nitrogens is 1. The predicted octanol–water partition coefficient (Wildman–Crippen LogP) is 2.80. The highest BCUT2D eigenvalue weighted by atomic mass is 19.1. The van der Waals surface area contributed by atoms with Crippen LogP contribution in [0.5, 0.6) is 11.5 Å². The summed E-state index contributed by atoms with van der Waals surface area (Å²) in [5.74, 6) is 1.82. The molecule has 0 radical (unpaired) electrons. The van der Waals surface area contributed by atoms with E-state index >= 15 is 0 Å². The first-order chi connectivity index (χ1) is 16.7. The van der Waals surface area contributed by atoms with Crippen molar-refractivity contribution in [1.29, 1.82) is 5.41 Å². The fourth-order valence-corrected chi connectivity index (χ4v) is 3.94. The molecule has 186 valence electrons. The number of methoxy groups -OCH3 is 1. The number of nitrogens with one attached hydrogen (secondary N) is 1. The van der Waals surface area contributed by atoms with Gasteiger partial charge in [0.15, 0.2) is 11.6 Å². The molecule has 10 heteroatoms. The number of anilines is 2. The average Bonchev–Trinajstić information content (AvgIpc) is 3.60. The van der Waals surface area contributed by atoms with Gasteiger partial charge in [0, 0.05) is 68.9 Å². The van der Waals surface area contributed by atoms with Crippen LogP contribution in [-0.2, 0) is 0 Å². The maximum absolute atomic E-state index is 14.4. The lowest BCUT2D eigenvalue weighted by Gasteiger charge is -2.36. The Labute approximate surface area is 204 Å². The van der Waals surface area contributed by atoms with Crippen molar-refractivity contribution in [2.24, 2.45) is 10.7 Å². The summed E-state index contributed by atoms with van der Waals surface area (Å²) in [6.07, 6.45) is 5.12. The Morgan fingerprint density at radius 3 is 2.57 bits per heavy atom. The molecule has 2 heterocycles. The Bertz CT molecular complexity index is 1170. The number of hydrogen-bond donors (Lipinski definition) is 3. The first-order valence-electron chi connectivity index (χ1n) is 11.5. The summed E-state index contributed by atoms with van der Waals surface area (Å²) in [7, 11) is 3.32. The quantitative estimate of drug-likeness (QED) is 0.315. The van der Waals surface area contributed by atoms with Crippen LogP contribution in [0, 0.1) is 11.2 Å². The number of hydrogen-bond acceptors (Lipinski definition) is 8. The van der Waals surface area contributed by atoms with Crippen LogP contribution >= 0.6 is 0 Å². The van der Waals surface area contributed by atoms with E-state index in [9.17, 15) is 4.39 Å². The number of nitrogens with two attached hydrogens (primary N) is 2. The van der Waals surface area contributed by atoms with Crippen LogP contribution in [0.3, 0.4) is 0 Å². The monoisotopic (exact) mass is 481 g/mol. The number of nitrogens with zero attached hydrogens (tertiary/aromatic N) is 4. The third-order valence-corrected chi connectivity index (χ3v) is 6.37. The highest BCUT2D eigenvalue weighted by molar-refractivity contribution is 6.16. The molecule has 0 unspecified atom stereocenters. The second-order valence-electron chi connectivity index (χ2n) is 9.01. The molecule has 1 aliphatic heterocycles. The lowest BCUT2D eigenvalue weighted by Crippen LogP contribution is -2.48. The van der Waals surface area contributed by atoms with Crippen LogP contribution in [0.1, 0.15) is 25.3 Å². The normalized spacial score (nSPS) is 17.8. The minimum atomic E-state index is -0.547. The topological polar surface area (TPSA) is 126 Å². The molecule has 2 aromatic rings. The summed E-state index contributed by atoms with van der Waals surface area (Å²) in [6, 6.07) is 6.37. The van der Waals surface area contributed by atoms with Gasteiger partial charge in [-0.25, -0.2) is 9.37 Å². The van der Waals surface area contributed by atoms with Crippen LogP contribution < -0.4 is 25.8 Å². The Morgan fingerprint density at radius 1 is 1.23 bits per heavy atom. The maximum atomic E-state index is 14.4. The van der Waals surface area contributed by atoms with Crippen LogP contribution in [0.25, 0.3) is 0 Å². The van der Waals surface area contributed by atoms with E-state index in [1.54, 1.807) is 26.4 Å². The zero-order valence-electron chi connectivity index (χ0n) is 20.3. The van der Waals surface area contributed by atoms with Gasteiger partial charge in [0.05, 0.1) is 18.5 Å². The molecule has 1 saturated carbocycles. The smallest absolute Gasteiger partial charge is 0.167 e. The van der Waals surface area contributed by atoms with E-state index in [0.717, 1.165) is 37.5 Å². The standard InChI is InChI=1S/C25H32FN7O2/c1-25(5-6-25)35-21-13-17(19(27)14-18(21)26)24(29)20(28)15-22(30-2)32-8-10-33(11-9-32)23-12-16(34-3)4-7-31-23/h4,7,12-15,29H,5-6,8-11,27-28H2,1-3H3. The average molecular weight is 482 g/mol. The fraction of sp³-hybridized carbons (Fsp3) is 0.400. The molecular weight excluding hydrogens is 449 g/mol. The van der Waals surface area contributed by atoms with Crippen LogP contribution in [0.15, 0.2) is 47.2 Å². The number of aliphatic imine (C=N–C) groups is 1. The van der Waals surface area contributed by atoms with E-state index in [4.69, 9.17) is 26.4 Å². The van der Waals surface area contributed by atoms with Crippen molar-refractivity contribution in [1.82, 2.24) is 9.88 Å². The molecule has 9 nitrogen and oxygen atoms in total. The molecule has 0 atom stereocenters. The van der Waals surface area contributed by atoms with Crippen molar-refractivity contribution in [2.45, 2.75) is 25.4 Å². The van der Waals surface area contributed by atoms with Gasteiger partial charge < -0.3 is 30.7 Å². The number of nitrogen functional groups attached to an aromatic ring is 1. The van der Waals surface area contributed by atoms with Gasteiger partial charge in [-0.15, -0.1) is 0 Å². The van der Waals surface area contributed by atoms with E-state index in [2.05, 4.69) is 19.8 Å². The first kappa shape index (κ1) is 24.3. The van der Waals surface area contributed by atoms with Gasteiger partial charge in [0.2, 0.25) is 0 Å². The van der Waals surface area contributed by atoms with Gasteiger partial charge in [-0.3, -0.25) is 10.4 Å². The van der Waals surface area contributed by atoms with Crippen molar-refractivity contribution >= 4 is 23.1 Å². The second kappa shape index (κ2) is 9.81. The van der Waals surface area contributed by atoms with Crippen molar-refractivity contribution < 1.29 is 13.9 Å².